The van der Waals surface area contributed by atoms with E-state index in [1.807, 2.05) is 5.38 Å². The largest absolute Gasteiger partial charge is 0.447 e. The van der Waals surface area contributed by atoms with Gasteiger partial charge in [-0.05, 0) is 45.2 Å². The molecule has 0 N–H and O–H groups in total. The summed E-state index contributed by atoms with van der Waals surface area (Å²) in [6, 6.07) is 0. The highest BCUT2D eigenvalue weighted by atomic mass is 127. The Morgan fingerprint density at radius 3 is 2.92 bits per heavy atom. The van der Waals surface area contributed by atoms with Crippen LogP contribution in [0.3, 0.4) is 0 Å². The Morgan fingerprint density at radius 2 is 2.42 bits per heavy atom. The van der Waals surface area contributed by atoms with Crippen molar-refractivity contribution in [3.63, 3.8) is 0 Å². The second-order valence-electron chi connectivity index (χ2n) is 2.23. The number of aliphatic imine (C=N–C) groups is 1. The second-order valence-corrected chi connectivity index (χ2v) is 8.50. The van der Waals surface area contributed by atoms with E-state index in [0.29, 0.717) is 12.4 Å². The van der Waals surface area contributed by atoms with Gasteiger partial charge in [-0.2, -0.15) is 0 Å². The molecule has 1 aliphatic rings. The number of ether oxygens (including phenoxy) is 1. The number of halogens is 2. The van der Waals surface area contributed by atoms with Gasteiger partial charge >= 0.3 is 0 Å². The average Bonchev–Trinajstić information content (AvgIpc) is 2.55. The summed E-state index contributed by atoms with van der Waals surface area (Å²) in [6.07, 6.45) is 0. The van der Waals surface area contributed by atoms with E-state index in [1.54, 1.807) is 16.8 Å². The monoisotopic (exact) mass is 406 g/mol. The number of hydrogen-bond donors (Lipinski definition) is 0. The zero-order valence-corrected chi connectivity index (χ0v) is 11.0. The molecule has 0 spiro atoms. The van der Waals surface area contributed by atoms with Gasteiger partial charge < -0.3 is 4.74 Å². The molecule has 1 aromatic heterocycles. The molecule has 1 aliphatic heterocycles. The van der Waals surface area contributed by atoms with E-state index in [0.717, 1.165) is 5.69 Å². The van der Waals surface area contributed by atoms with E-state index >= 15 is 0 Å². The lowest BCUT2D eigenvalue weighted by atomic mass is 10.5. The SMILES string of the molecule is IC1(I)CN=C(c2cscn2)O1. The van der Waals surface area contributed by atoms with Crippen molar-refractivity contribution >= 4 is 62.4 Å². The lowest BCUT2D eigenvalue weighted by molar-refractivity contribution is 0.314. The Morgan fingerprint density at radius 1 is 1.58 bits per heavy atom. The predicted molar refractivity (Wildman–Crippen MR) is 65.4 cm³/mol. The van der Waals surface area contributed by atoms with E-state index in [4.69, 9.17) is 4.74 Å². The van der Waals surface area contributed by atoms with Crippen LogP contribution in [-0.4, -0.2) is 19.0 Å². The summed E-state index contributed by atoms with van der Waals surface area (Å²) in [5.74, 6) is 0.667. The first-order valence-corrected chi connectivity index (χ1v) is 6.27. The van der Waals surface area contributed by atoms with E-state index in [-0.39, 0.29) is 1.61 Å². The second kappa shape index (κ2) is 3.37. The molecule has 0 aromatic carbocycles. The number of nitrogens with zero attached hydrogens (tertiary/aromatic N) is 2. The molecule has 3 nitrogen and oxygen atoms in total. The van der Waals surface area contributed by atoms with E-state index in [2.05, 4.69) is 55.2 Å². The van der Waals surface area contributed by atoms with E-state index in [1.165, 1.54) is 0 Å². The zero-order chi connectivity index (χ0) is 8.60. The number of aromatic nitrogens is 1. The fourth-order valence-electron chi connectivity index (χ4n) is 0.821. The van der Waals surface area contributed by atoms with Crippen molar-refractivity contribution in [2.45, 2.75) is 1.61 Å². The van der Waals surface area contributed by atoms with Gasteiger partial charge in [-0.3, -0.25) is 0 Å². The molecule has 0 fully saturated rings. The van der Waals surface area contributed by atoms with Gasteiger partial charge in [0.2, 0.25) is 7.51 Å². The molecule has 1 aromatic rings. The highest BCUT2D eigenvalue weighted by molar-refractivity contribution is 14.2. The minimum absolute atomic E-state index is 0.214. The van der Waals surface area contributed by atoms with Crippen molar-refractivity contribution in [1.82, 2.24) is 4.98 Å². The molecule has 0 amide bonds. The lowest BCUT2D eigenvalue weighted by Gasteiger charge is -2.11. The molecule has 0 radical (unpaired) electrons. The topological polar surface area (TPSA) is 34.5 Å². The van der Waals surface area contributed by atoms with E-state index in [9.17, 15) is 0 Å². The minimum atomic E-state index is -0.214. The van der Waals surface area contributed by atoms with Gasteiger partial charge in [-0.25, -0.2) is 9.98 Å². The summed E-state index contributed by atoms with van der Waals surface area (Å²) in [6.45, 7) is 0.695. The van der Waals surface area contributed by atoms with Crippen molar-refractivity contribution in [3.05, 3.63) is 16.6 Å². The van der Waals surface area contributed by atoms with Crippen LogP contribution in [0, 0.1) is 0 Å². The number of alkyl halides is 2. The third-order valence-corrected chi connectivity index (χ3v) is 3.01. The maximum atomic E-state index is 5.56. The van der Waals surface area contributed by atoms with Crippen molar-refractivity contribution < 1.29 is 4.74 Å². The number of thiazole rings is 1. The fourth-order valence-corrected chi connectivity index (χ4v) is 2.11. The maximum absolute atomic E-state index is 5.56. The summed E-state index contributed by atoms with van der Waals surface area (Å²) in [4.78, 5) is 8.37. The van der Waals surface area contributed by atoms with Gasteiger partial charge in [0, 0.05) is 5.38 Å². The van der Waals surface area contributed by atoms with Crippen LogP contribution in [0.15, 0.2) is 15.9 Å². The summed E-state index contributed by atoms with van der Waals surface area (Å²) < 4.78 is 5.35. The first-order valence-electron chi connectivity index (χ1n) is 3.17. The molecule has 0 atom stereocenters. The van der Waals surface area contributed by atoms with E-state index < -0.39 is 0 Å². The zero-order valence-electron chi connectivity index (χ0n) is 5.83. The van der Waals surface area contributed by atoms with Gasteiger partial charge in [-0.1, -0.05) is 0 Å². The van der Waals surface area contributed by atoms with Gasteiger partial charge in [0.25, 0.3) is 0 Å². The number of hydrogen-bond acceptors (Lipinski definition) is 4. The Labute approximate surface area is 101 Å². The van der Waals surface area contributed by atoms with Crippen molar-refractivity contribution in [1.29, 1.82) is 0 Å². The van der Waals surface area contributed by atoms with Crippen LogP contribution in [0.25, 0.3) is 0 Å². The first-order chi connectivity index (χ1) is 5.67. The molecule has 0 bridgehead atoms. The molecule has 0 unspecified atom stereocenters. The smallest absolute Gasteiger partial charge is 0.238 e. The molecule has 0 aliphatic carbocycles. The van der Waals surface area contributed by atoms with Gasteiger partial charge in [0.05, 0.1) is 5.51 Å². The van der Waals surface area contributed by atoms with Crippen LogP contribution < -0.4 is 0 Å². The summed E-state index contributed by atoms with van der Waals surface area (Å²) in [5.41, 5.74) is 2.62. The maximum Gasteiger partial charge on any atom is 0.238 e. The Balaban J connectivity index is 2.20. The first kappa shape index (κ1) is 9.13. The molecule has 6 heteroatoms. The highest BCUT2D eigenvalue weighted by Crippen LogP contribution is 2.34. The van der Waals surface area contributed by atoms with Crippen molar-refractivity contribution in [3.8, 4) is 0 Å². The van der Waals surface area contributed by atoms with Gasteiger partial charge in [-0.15, -0.1) is 11.3 Å². The standard InChI is InChI=1S/C6H4I2N2OS/c7-6(8)2-9-5(11-6)4-1-12-3-10-4/h1,3H,2H2. The third-order valence-electron chi connectivity index (χ3n) is 1.30. The van der Waals surface area contributed by atoms with Crippen LogP contribution in [-0.2, 0) is 4.74 Å². The Bertz CT molecular complexity index is 309. The highest BCUT2D eigenvalue weighted by Gasteiger charge is 2.32. The molecule has 0 saturated heterocycles. The lowest BCUT2D eigenvalue weighted by Crippen LogP contribution is -2.16. The molecule has 0 saturated carbocycles. The van der Waals surface area contributed by atoms with Gasteiger partial charge in [0.1, 0.15) is 12.2 Å². The minimum Gasteiger partial charge on any atom is -0.447 e. The van der Waals surface area contributed by atoms with Crippen LogP contribution >= 0.6 is 56.5 Å². The van der Waals surface area contributed by atoms with Crippen LogP contribution in [0.1, 0.15) is 5.69 Å². The number of rotatable bonds is 1. The Hall–Kier alpha value is 0.560. The van der Waals surface area contributed by atoms with Crippen LogP contribution in [0.2, 0.25) is 0 Å². The molecule has 64 valence electrons. The normalized spacial score (nSPS) is 20.3. The fraction of sp³-hybridized carbons (Fsp3) is 0.333. The summed E-state index contributed by atoms with van der Waals surface area (Å²) in [7, 11) is 0. The summed E-state index contributed by atoms with van der Waals surface area (Å²) in [5, 5.41) is 1.94. The average molecular weight is 406 g/mol. The molecular formula is C6H4I2N2OS. The van der Waals surface area contributed by atoms with Crippen LogP contribution in [0.4, 0.5) is 0 Å². The molecule has 12 heavy (non-hydrogen) atoms. The molecular weight excluding hydrogens is 402 g/mol. The van der Waals surface area contributed by atoms with Gasteiger partial charge in [0.15, 0.2) is 0 Å². The Kier molecular flexibility index (Phi) is 2.56. The van der Waals surface area contributed by atoms with Crippen LogP contribution in [0.5, 0.6) is 0 Å². The molecule has 2 rings (SSSR count). The van der Waals surface area contributed by atoms with Crippen molar-refractivity contribution in [2.75, 3.05) is 6.54 Å². The predicted octanol–water partition coefficient (Wildman–Crippen LogP) is 2.44. The quantitative estimate of drug-likeness (QED) is 0.531. The van der Waals surface area contributed by atoms with Crippen molar-refractivity contribution in [2.24, 2.45) is 4.99 Å². The summed E-state index contributed by atoms with van der Waals surface area (Å²) >= 11 is 6.01. The molecule has 2 heterocycles. The third kappa shape index (κ3) is 1.90.